The molecule has 0 aliphatic rings. The van der Waals surface area contributed by atoms with Crippen molar-refractivity contribution in [2.75, 3.05) is 0 Å². The minimum Gasteiger partial charge on any atom is -0.508 e. The smallest absolute Gasteiger partial charge is 0.194 e. The quantitative estimate of drug-likeness (QED) is 0.667. The highest BCUT2D eigenvalue weighted by molar-refractivity contribution is 5.94. The number of phenols is 1. The lowest BCUT2D eigenvalue weighted by Gasteiger charge is -2.06. The first kappa shape index (κ1) is 15.7. The second kappa shape index (κ2) is 7.96. The standard InChI is InChI=1S/C8H8O2.C8H10O2/c1-6(9)7-2-4-8(10)5-3-7;1-7(9)10-8-5-3-2-4-6-8/h2-5,10H,1H3;2-7,9H,1H3. The van der Waals surface area contributed by atoms with Crippen LogP contribution < -0.4 is 4.74 Å². The van der Waals surface area contributed by atoms with Crippen LogP contribution in [-0.2, 0) is 0 Å². The molecule has 20 heavy (non-hydrogen) atoms. The molecule has 4 nitrogen and oxygen atoms in total. The van der Waals surface area contributed by atoms with Crippen LogP contribution in [0.25, 0.3) is 0 Å². The van der Waals surface area contributed by atoms with E-state index in [2.05, 4.69) is 0 Å². The van der Waals surface area contributed by atoms with Crippen LogP contribution in [0, 0.1) is 0 Å². The number of hydrogen-bond acceptors (Lipinski definition) is 4. The van der Waals surface area contributed by atoms with E-state index in [1.807, 2.05) is 18.2 Å². The maximum atomic E-state index is 10.7. The molecule has 106 valence electrons. The summed E-state index contributed by atoms with van der Waals surface area (Å²) in [6, 6.07) is 15.4. The molecule has 0 radical (unpaired) electrons. The van der Waals surface area contributed by atoms with Gasteiger partial charge in [-0.05, 0) is 50.2 Å². The molecule has 4 heteroatoms. The summed E-state index contributed by atoms with van der Waals surface area (Å²) >= 11 is 0. The van der Waals surface area contributed by atoms with E-state index in [1.165, 1.54) is 19.1 Å². The Labute approximate surface area is 118 Å². The average Bonchev–Trinajstić information content (AvgIpc) is 2.40. The summed E-state index contributed by atoms with van der Waals surface area (Å²) in [5.74, 6) is 0.891. The molecule has 0 saturated carbocycles. The van der Waals surface area contributed by atoms with Crippen LogP contribution in [0.3, 0.4) is 0 Å². The molecule has 2 N–H and O–H groups in total. The minimum absolute atomic E-state index is 0.0139. The van der Waals surface area contributed by atoms with Crippen molar-refractivity contribution in [2.24, 2.45) is 0 Å². The van der Waals surface area contributed by atoms with Crippen molar-refractivity contribution in [2.45, 2.75) is 20.1 Å². The zero-order valence-electron chi connectivity index (χ0n) is 11.5. The molecule has 1 atom stereocenters. The number of aliphatic hydroxyl groups excluding tert-OH is 1. The second-order valence-corrected chi connectivity index (χ2v) is 4.13. The normalized spacial score (nSPS) is 10.9. The summed E-state index contributed by atoms with van der Waals surface area (Å²) < 4.78 is 4.97. The molecule has 0 bridgehead atoms. The Morgan fingerprint density at radius 2 is 1.60 bits per heavy atom. The third-order valence-electron chi connectivity index (χ3n) is 2.32. The zero-order valence-corrected chi connectivity index (χ0v) is 11.5. The van der Waals surface area contributed by atoms with Crippen molar-refractivity contribution >= 4 is 5.78 Å². The number of benzene rings is 2. The van der Waals surface area contributed by atoms with Crippen LogP contribution in [0.2, 0.25) is 0 Å². The number of carbonyl (C=O) groups is 1. The van der Waals surface area contributed by atoms with Gasteiger partial charge in [-0.1, -0.05) is 18.2 Å². The van der Waals surface area contributed by atoms with Gasteiger partial charge in [-0.15, -0.1) is 0 Å². The van der Waals surface area contributed by atoms with Crippen molar-refractivity contribution in [1.29, 1.82) is 0 Å². The SMILES string of the molecule is CC(=O)c1ccc(O)cc1.CC(O)Oc1ccccc1. The number of ether oxygens (including phenoxy) is 1. The van der Waals surface area contributed by atoms with Crippen LogP contribution in [0.15, 0.2) is 54.6 Å². The molecule has 0 aromatic heterocycles. The Morgan fingerprint density at radius 3 is 2.05 bits per heavy atom. The Hall–Kier alpha value is -2.33. The number of para-hydroxylation sites is 1. The van der Waals surface area contributed by atoms with Crippen molar-refractivity contribution in [3.05, 3.63) is 60.2 Å². The van der Waals surface area contributed by atoms with Crippen LogP contribution in [0.1, 0.15) is 24.2 Å². The molecule has 0 saturated heterocycles. The van der Waals surface area contributed by atoms with E-state index in [0.717, 1.165) is 0 Å². The van der Waals surface area contributed by atoms with Crippen LogP contribution >= 0.6 is 0 Å². The van der Waals surface area contributed by atoms with Crippen LogP contribution in [0.4, 0.5) is 0 Å². The second-order valence-electron chi connectivity index (χ2n) is 4.13. The number of Topliss-reactive ketones (excluding diaryl/α,β-unsaturated/α-hetero) is 1. The zero-order chi connectivity index (χ0) is 15.0. The summed E-state index contributed by atoms with van der Waals surface area (Å²) in [5.41, 5.74) is 0.623. The molecule has 2 aromatic rings. The molecule has 2 rings (SSSR count). The molecule has 0 fully saturated rings. The summed E-state index contributed by atoms with van der Waals surface area (Å²) in [6.07, 6.45) is -0.734. The van der Waals surface area contributed by atoms with Gasteiger partial charge in [-0.3, -0.25) is 4.79 Å². The first-order chi connectivity index (χ1) is 9.49. The minimum atomic E-state index is -0.734. The molecular formula is C16H18O4. The van der Waals surface area contributed by atoms with Gasteiger partial charge in [-0.2, -0.15) is 0 Å². The molecule has 0 amide bonds. The summed E-state index contributed by atoms with van der Waals surface area (Å²) in [4.78, 5) is 10.7. The predicted octanol–water partition coefficient (Wildman–Crippen LogP) is 3.00. The lowest BCUT2D eigenvalue weighted by Crippen LogP contribution is -2.08. The largest absolute Gasteiger partial charge is 0.508 e. The monoisotopic (exact) mass is 274 g/mol. The van der Waals surface area contributed by atoms with E-state index in [4.69, 9.17) is 14.9 Å². The summed E-state index contributed by atoms with van der Waals surface area (Å²) in [5, 5.41) is 17.6. The van der Waals surface area contributed by atoms with Crippen LogP contribution in [-0.4, -0.2) is 22.3 Å². The van der Waals surface area contributed by atoms with Gasteiger partial charge in [0, 0.05) is 5.56 Å². The Morgan fingerprint density at radius 1 is 1.05 bits per heavy atom. The number of aliphatic hydroxyl groups is 1. The Balaban J connectivity index is 0.000000200. The third kappa shape index (κ3) is 6.02. The number of carbonyl (C=O) groups excluding carboxylic acids is 1. The first-order valence-electron chi connectivity index (χ1n) is 6.19. The molecular weight excluding hydrogens is 256 g/mol. The average molecular weight is 274 g/mol. The molecule has 2 aromatic carbocycles. The number of aromatic hydroxyl groups is 1. The van der Waals surface area contributed by atoms with Crippen molar-refractivity contribution in [1.82, 2.24) is 0 Å². The summed E-state index contributed by atoms with van der Waals surface area (Å²) in [6.45, 7) is 3.07. The lowest BCUT2D eigenvalue weighted by atomic mass is 10.1. The van der Waals surface area contributed by atoms with Gasteiger partial charge in [0.05, 0.1) is 0 Å². The molecule has 0 aliphatic heterocycles. The van der Waals surface area contributed by atoms with Gasteiger partial charge in [0.15, 0.2) is 12.1 Å². The van der Waals surface area contributed by atoms with Gasteiger partial charge in [0.1, 0.15) is 11.5 Å². The van der Waals surface area contributed by atoms with E-state index in [0.29, 0.717) is 11.3 Å². The van der Waals surface area contributed by atoms with E-state index in [9.17, 15) is 4.79 Å². The summed E-state index contributed by atoms with van der Waals surface area (Å²) in [7, 11) is 0. The molecule has 1 unspecified atom stereocenters. The van der Waals surface area contributed by atoms with E-state index < -0.39 is 6.29 Å². The maximum absolute atomic E-state index is 10.7. The Bertz CT molecular complexity index is 518. The number of phenolic OH excluding ortho intramolecular Hbond substituents is 1. The highest BCUT2D eigenvalue weighted by atomic mass is 16.6. The van der Waals surface area contributed by atoms with Gasteiger partial charge in [0.25, 0.3) is 0 Å². The number of ketones is 1. The van der Waals surface area contributed by atoms with Gasteiger partial charge in [-0.25, -0.2) is 0 Å². The molecule has 0 heterocycles. The van der Waals surface area contributed by atoms with Crippen molar-refractivity contribution in [3.63, 3.8) is 0 Å². The topological polar surface area (TPSA) is 66.8 Å². The number of rotatable bonds is 3. The number of hydrogen-bond donors (Lipinski definition) is 2. The van der Waals surface area contributed by atoms with Gasteiger partial charge >= 0.3 is 0 Å². The lowest BCUT2D eigenvalue weighted by molar-refractivity contribution is -0.000293. The van der Waals surface area contributed by atoms with Crippen molar-refractivity contribution in [3.8, 4) is 11.5 Å². The third-order valence-corrected chi connectivity index (χ3v) is 2.32. The highest BCUT2D eigenvalue weighted by Gasteiger charge is 1.96. The van der Waals surface area contributed by atoms with Gasteiger partial charge < -0.3 is 14.9 Å². The van der Waals surface area contributed by atoms with E-state index >= 15 is 0 Å². The van der Waals surface area contributed by atoms with E-state index in [-0.39, 0.29) is 11.5 Å². The first-order valence-corrected chi connectivity index (χ1v) is 6.19. The van der Waals surface area contributed by atoms with Crippen molar-refractivity contribution < 1.29 is 19.7 Å². The molecule has 0 spiro atoms. The molecule has 0 aliphatic carbocycles. The maximum Gasteiger partial charge on any atom is 0.194 e. The van der Waals surface area contributed by atoms with Gasteiger partial charge in [0.2, 0.25) is 0 Å². The Kier molecular flexibility index (Phi) is 6.26. The fourth-order valence-corrected chi connectivity index (χ4v) is 1.39. The predicted molar refractivity (Wildman–Crippen MR) is 76.9 cm³/mol. The van der Waals surface area contributed by atoms with E-state index in [1.54, 1.807) is 31.2 Å². The van der Waals surface area contributed by atoms with Crippen LogP contribution in [0.5, 0.6) is 11.5 Å². The fraction of sp³-hybridized carbons (Fsp3) is 0.188. The highest BCUT2D eigenvalue weighted by Crippen LogP contribution is 2.09. The fourth-order valence-electron chi connectivity index (χ4n) is 1.39.